The van der Waals surface area contributed by atoms with Crippen LogP contribution in [0.3, 0.4) is 0 Å². The zero-order valence-electron chi connectivity index (χ0n) is 30.9. The van der Waals surface area contributed by atoms with Crippen LogP contribution in [0.5, 0.6) is 0 Å². The lowest BCUT2D eigenvalue weighted by molar-refractivity contribution is 0.671. The Labute approximate surface area is 328 Å². The average Bonchev–Trinajstić information content (AvgIpc) is 3.94. The maximum atomic E-state index is 6.78. The highest BCUT2D eigenvalue weighted by Gasteiger charge is 2.24. The molecule has 6 nitrogen and oxygen atoms in total. The van der Waals surface area contributed by atoms with E-state index in [0.29, 0.717) is 18.2 Å². The number of nitrogens with zero attached hydrogens (tertiary/aromatic N) is 4. The maximum absolute atomic E-state index is 6.78. The van der Waals surface area contributed by atoms with Crippen molar-refractivity contribution in [2.75, 3.05) is 0 Å². The molecule has 0 saturated carbocycles. The third-order valence-corrected chi connectivity index (χ3v) is 11.0. The zero-order chi connectivity index (χ0) is 37.9. The number of nitrogens with two attached hydrogens (primary N) is 1. The predicted octanol–water partition coefficient (Wildman–Crippen LogP) is 12.1. The SMILES string of the molecule is NC(=NC(=NCc1ccccc1)c1ccccc1)c1ccc(-n2c3ccccc3c3ccc4c5ccc6c7ccccc7oc6c5n(-c5ccccc5)c4c32)cc1. The first-order valence-electron chi connectivity index (χ1n) is 19.2. The molecule has 0 amide bonds. The summed E-state index contributed by atoms with van der Waals surface area (Å²) in [5.74, 6) is 0.999. The number of amidine groups is 2. The van der Waals surface area contributed by atoms with Crippen molar-refractivity contribution in [3.63, 3.8) is 0 Å². The van der Waals surface area contributed by atoms with Gasteiger partial charge in [0.1, 0.15) is 11.4 Å². The molecular formula is C51H35N5O. The fourth-order valence-electron chi connectivity index (χ4n) is 8.40. The van der Waals surface area contributed by atoms with Crippen LogP contribution in [0.4, 0.5) is 0 Å². The molecule has 0 aliphatic heterocycles. The minimum absolute atomic E-state index is 0.404. The third kappa shape index (κ3) is 5.34. The first kappa shape index (κ1) is 32.7. The Kier molecular flexibility index (Phi) is 7.60. The summed E-state index contributed by atoms with van der Waals surface area (Å²) in [4.78, 5) is 9.80. The Bertz CT molecular complexity index is 3350. The fraction of sp³-hybridized carbons (Fsp3) is 0.0196. The van der Waals surface area contributed by atoms with Gasteiger partial charge in [-0.15, -0.1) is 0 Å². The maximum Gasteiger partial charge on any atom is 0.160 e. The minimum atomic E-state index is 0.404. The van der Waals surface area contributed by atoms with Crippen molar-refractivity contribution >= 4 is 77.2 Å². The molecule has 0 aliphatic rings. The van der Waals surface area contributed by atoms with Crippen LogP contribution in [0.1, 0.15) is 16.7 Å². The summed E-state index contributed by atoms with van der Waals surface area (Å²) in [5.41, 5.74) is 17.9. The molecule has 6 heteroatoms. The molecule has 0 saturated heterocycles. The summed E-state index contributed by atoms with van der Waals surface area (Å²) in [5, 5.41) is 6.86. The number of aromatic nitrogens is 2. The molecule has 0 fully saturated rings. The van der Waals surface area contributed by atoms with E-state index in [1.807, 2.05) is 60.7 Å². The van der Waals surface area contributed by atoms with Crippen LogP contribution in [-0.2, 0) is 6.54 Å². The van der Waals surface area contributed by atoms with Crippen LogP contribution in [0.25, 0.3) is 76.9 Å². The second-order valence-corrected chi connectivity index (χ2v) is 14.4. The summed E-state index contributed by atoms with van der Waals surface area (Å²) in [7, 11) is 0. The van der Waals surface area contributed by atoms with Crippen LogP contribution in [0.2, 0.25) is 0 Å². The largest absolute Gasteiger partial charge is 0.454 e. The molecule has 270 valence electrons. The van der Waals surface area contributed by atoms with Gasteiger partial charge in [-0.1, -0.05) is 133 Å². The molecular weight excluding hydrogens is 699 g/mol. The monoisotopic (exact) mass is 733 g/mol. The molecule has 8 aromatic carbocycles. The number of para-hydroxylation sites is 3. The van der Waals surface area contributed by atoms with Gasteiger partial charge in [0.25, 0.3) is 0 Å². The lowest BCUT2D eigenvalue weighted by atomic mass is 10.1. The zero-order valence-corrected chi connectivity index (χ0v) is 30.9. The van der Waals surface area contributed by atoms with Gasteiger partial charge >= 0.3 is 0 Å². The highest BCUT2D eigenvalue weighted by atomic mass is 16.3. The molecule has 3 heterocycles. The van der Waals surface area contributed by atoms with Gasteiger partial charge in [0.2, 0.25) is 0 Å². The van der Waals surface area contributed by atoms with Crippen LogP contribution < -0.4 is 5.73 Å². The summed E-state index contributed by atoms with van der Waals surface area (Å²) in [6, 6.07) is 65.1. The lowest BCUT2D eigenvalue weighted by Gasteiger charge is -2.13. The van der Waals surface area contributed by atoms with E-state index in [4.69, 9.17) is 20.1 Å². The number of hydrogen-bond acceptors (Lipinski definition) is 2. The topological polar surface area (TPSA) is 73.7 Å². The van der Waals surface area contributed by atoms with E-state index in [1.165, 1.54) is 10.8 Å². The van der Waals surface area contributed by atoms with Gasteiger partial charge in [-0.2, -0.15) is 0 Å². The van der Waals surface area contributed by atoms with Crippen molar-refractivity contribution in [2.45, 2.75) is 6.54 Å². The van der Waals surface area contributed by atoms with Crippen molar-refractivity contribution in [2.24, 2.45) is 15.7 Å². The molecule has 0 spiro atoms. The van der Waals surface area contributed by atoms with Crippen molar-refractivity contribution in [3.05, 3.63) is 205 Å². The summed E-state index contributed by atoms with van der Waals surface area (Å²) in [6.07, 6.45) is 0. The predicted molar refractivity (Wildman–Crippen MR) is 236 cm³/mol. The quantitative estimate of drug-likeness (QED) is 0.136. The molecule has 0 bridgehead atoms. The molecule has 0 atom stereocenters. The third-order valence-electron chi connectivity index (χ3n) is 11.0. The second-order valence-electron chi connectivity index (χ2n) is 14.4. The van der Waals surface area contributed by atoms with Crippen molar-refractivity contribution in [3.8, 4) is 11.4 Å². The van der Waals surface area contributed by atoms with Crippen molar-refractivity contribution in [1.29, 1.82) is 0 Å². The summed E-state index contributed by atoms with van der Waals surface area (Å²) in [6.45, 7) is 0.505. The molecule has 2 N–H and O–H groups in total. The first-order valence-corrected chi connectivity index (χ1v) is 19.2. The molecule has 57 heavy (non-hydrogen) atoms. The van der Waals surface area contributed by atoms with Gasteiger partial charge in [-0.05, 0) is 60.2 Å². The molecule has 11 aromatic rings. The lowest BCUT2D eigenvalue weighted by Crippen LogP contribution is -2.16. The minimum Gasteiger partial charge on any atom is -0.454 e. The van der Waals surface area contributed by atoms with Gasteiger partial charge in [0.15, 0.2) is 11.4 Å². The number of hydrogen-bond donors (Lipinski definition) is 1. The number of benzene rings is 8. The molecule has 3 aromatic heterocycles. The fourth-order valence-corrected chi connectivity index (χ4v) is 8.40. The number of rotatable bonds is 6. The Balaban J connectivity index is 1.13. The van der Waals surface area contributed by atoms with Crippen LogP contribution in [-0.4, -0.2) is 20.8 Å². The van der Waals surface area contributed by atoms with Crippen molar-refractivity contribution in [1.82, 2.24) is 9.13 Å². The molecule has 0 radical (unpaired) electrons. The summed E-state index contributed by atoms with van der Waals surface area (Å²) < 4.78 is 11.5. The average molecular weight is 734 g/mol. The number of aliphatic imine (C=N–C) groups is 2. The molecule has 11 rings (SSSR count). The number of fused-ring (bicyclic) bond motifs is 11. The van der Waals surface area contributed by atoms with E-state index in [9.17, 15) is 0 Å². The van der Waals surface area contributed by atoms with Crippen LogP contribution in [0.15, 0.2) is 202 Å². The normalized spacial score (nSPS) is 12.6. The Morgan fingerprint density at radius 1 is 0.456 bits per heavy atom. The Hall–Kier alpha value is -7.70. The summed E-state index contributed by atoms with van der Waals surface area (Å²) >= 11 is 0. The van der Waals surface area contributed by atoms with Gasteiger partial charge in [-0.25, -0.2) is 4.99 Å². The second kappa shape index (κ2) is 13.3. The van der Waals surface area contributed by atoms with E-state index in [2.05, 4.69) is 137 Å². The standard InChI is InChI=1S/C51H35N5O/c52-50(54-51(35-16-6-2-7-17-35)53-32-33-14-4-1-5-15-33)34-24-26-37(27-25-34)55-44-22-12-10-20-38(44)40-28-29-41-42-30-31-43-39-21-11-13-23-45(39)57-49(43)48(42)56(47(41)46(40)55)36-18-8-3-9-19-36/h1-31H,32H2,(H2,52,53,54). The van der Waals surface area contributed by atoms with E-state index in [-0.39, 0.29) is 0 Å². The highest BCUT2D eigenvalue weighted by Crippen LogP contribution is 2.44. The van der Waals surface area contributed by atoms with E-state index in [0.717, 1.165) is 82.8 Å². The first-order chi connectivity index (χ1) is 28.2. The highest BCUT2D eigenvalue weighted by molar-refractivity contribution is 6.27. The smallest absolute Gasteiger partial charge is 0.160 e. The van der Waals surface area contributed by atoms with E-state index >= 15 is 0 Å². The van der Waals surface area contributed by atoms with Gasteiger partial charge < -0.3 is 19.3 Å². The molecule has 0 aliphatic carbocycles. The van der Waals surface area contributed by atoms with E-state index in [1.54, 1.807) is 0 Å². The Morgan fingerprint density at radius 2 is 1.02 bits per heavy atom. The van der Waals surface area contributed by atoms with Crippen LogP contribution >= 0.6 is 0 Å². The van der Waals surface area contributed by atoms with Crippen molar-refractivity contribution < 1.29 is 4.42 Å². The van der Waals surface area contributed by atoms with Gasteiger partial charge in [0.05, 0.1) is 28.6 Å². The van der Waals surface area contributed by atoms with E-state index < -0.39 is 0 Å². The van der Waals surface area contributed by atoms with Gasteiger partial charge in [0, 0.05) is 54.8 Å². The number of furan rings is 1. The van der Waals surface area contributed by atoms with Crippen LogP contribution in [0, 0.1) is 0 Å². The Morgan fingerprint density at radius 3 is 1.77 bits per heavy atom. The van der Waals surface area contributed by atoms with Gasteiger partial charge in [-0.3, -0.25) is 4.99 Å². The molecule has 0 unspecified atom stereocenters.